The molecule has 0 saturated heterocycles. The van der Waals surface area contributed by atoms with Crippen LogP contribution < -0.4 is 9.46 Å². The second-order valence-corrected chi connectivity index (χ2v) is 8.07. The van der Waals surface area contributed by atoms with Gasteiger partial charge in [-0.2, -0.15) is 0 Å². The van der Waals surface area contributed by atoms with Crippen molar-refractivity contribution >= 4 is 21.8 Å². The Labute approximate surface area is 148 Å². The maximum atomic E-state index is 12.6. The Morgan fingerprint density at radius 2 is 1.83 bits per heavy atom. The van der Waals surface area contributed by atoms with Gasteiger partial charge in [-0.25, -0.2) is 13.1 Å². The Morgan fingerprint density at radius 1 is 1.17 bits per heavy atom. The summed E-state index contributed by atoms with van der Waals surface area (Å²) in [5, 5.41) is 0. The summed E-state index contributed by atoms with van der Waals surface area (Å²) in [5.41, 5.74) is 1.73. The second-order valence-electron chi connectivity index (χ2n) is 5.48. The molecule has 130 valence electrons. The molecule has 0 amide bonds. The first-order valence-corrected chi connectivity index (χ1v) is 10.5. The molecule has 0 saturated carbocycles. The van der Waals surface area contributed by atoms with Crippen LogP contribution in [0.2, 0.25) is 0 Å². The van der Waals surface area contributed by atoms with Gasteiger partial charge < -0.3 is 4.74 Å². The highest BCUT2D eigenvalue weighted by Crippen LogP contribution is 2.24. The van der Waals surface area contributed by atoms with Crippen LogP contribution in [0.25, 0.3) is 0 Å². The average Bonchev–Trinajstić information content (AvgIpc) is 2.56. The van der Waals surface area contributed by atoms with E-state index in [9.17, 15) is 8.42 Å². The predicted octanol–water partition coefficient (Wildman–Crippen LogP) is 4.16. The Bertz CT molecular complexity index is 786. The number of sulfonamides is 1. The first-order chi connectivity index (χ1) is 11.4. The van der Waals surface area contributed by atoms with E-state index in [0.29, 0.717) is 12.4 Å². The number of hydrogen-bond donors (Lipinski definition) is 1. The van der Waals surface area contributed by atoms with E-state index < -0.39 is 10.0 Å². The van der Waals surface area contributed by atoms with Crippen molar-refractivity contribution in [3.63, 3.8) is 0 Å². The van der Waals surface area contributed by atoms with E-state index in [4.69, 9.17) is 4.74 Å². The van der Waals surface area contributed by atoms with Crippen LogP contribution in [-0.4, -0.2) is 21.3 Å². The minimum Gasteiger partial charge on any atom is -0.494 e. The Balaban J connectivity index is 2.19. The van der Waals surface area contributed by atoms with Crippen molar-refractivity contribution in [3.8, 4) is 5.75 Å². The lowest BCUT2D eigenvalue weighted by atomic mass is 10.1. The van der Waals surface area contributed by atoms with Crippen molar-refractivity contribution in [2.45, 2.75) is 36.6 Å². The lowest BCUT2D eigenvalue weighted by molar-refractivity contribution is 0.337. The molecule has 0 aliphatic carbocycles. The minimum absolute atomic E-state index is 0.246. The maximum Gasteiger partial charge on any atom is 0.241 e. The van der Waals surface area contributed by atoms with Crippen molar-refractivity contribution in [2.24, 2.45) is 0 Å². The van der Waals surface area contributed by atoms with Gasteiger partial charge in [-0.05, 0) is 68.5 Å². The smallest absolute Gasteiger partial charge is 0.241 e. The minimum atomic E-state index is -3.59. The zero-order valence-electron chi connectivity index (χ0n) is 14.4. The van der Waals surface area contributed by atoms with E-state index in [1.165, 1.54) is 0 Å². The van der Waals surface area contributed by atoms with E-state index in [1.54, 1.807) is 30.0 Å². The summed E-state index contributed by atoms with van der Waals surface area (Å²) in [5.74, 6) is 0.706. The van der Waals surface area contributed by atoms with Crippen LogP contribution in [0.15, 0.2) is 52.3 Å². The van der Waals surface area contributed by atoms with Gasteiger partial charge in [0.2, 0.25) is 10.0 Å². The number of thioether (sulfide) groups is 1. The van der Waals surface area contributed by atoms with Gasteiger partial charge in [-0.3, -0.25) is 0 Å². The van der Waals surface area contributed by atoms with Crippen molar-refractivity contribution in [3.05, 3.63) is 53.6 Å². The molecule has 2 rings (SSSR count). The Hall–Kier alpha value is -1.50. The third-order valence-corrected chi connectivity index (χ3v) is 5.99. The lowest BCUT2D eigenvalue weighted by Crippen LogP contribution is -2.27. The van der Waals surface area contributed by atoms with Gasteiger partial charge in [0, 0.05) is 10.9 Å². The first-order valence-electron chi connectivity index (χ1n) is 7.77. The van der Waals surface area contributed by atoms with Crippen LogP contribution in [0.5, 0.6) is 5.75 Å². The van der Waals surface area contributed by atoms with Gasteiger partial charge in [0.05, 0.1) is 11.5 Å². The van der Waals surface area contributed by atoms with E-state index >= 15 is 0 Å². The van der Waals surface area contributed by atoms with Crippen molar-refractivity contribution in [2.75, 3.05) is 12.9 Å². The highest BCUT2D eigenvalue weighted by atomic mass is 32.2. The summed E-state index contributed by atoms with van der Waals surface area (Å²) in [4.78, 5) is 1.40. The van der Waals surface area contributed by atoms with Crippen LogP contribution in [0.1, 0.15) is 31.0 Å². The van der Waals surface area contributed by atoms with Gasteiger partial charge in [-0.1, -0.05) is 12.1 Å². The molecule has 4 nitrogen and oxygen atoms in total. The molecular formula is C18H23NO3S2. The van der Waals surface area contributed by atoms with E-state index in [0.717, 1.165) is 16.0 Å². The molecule has 0 bridgehead atoms. The van der Waals surface area contributed by atoms with Crippen molar-refractivity contribution < 1.29 is 13.2 Å². The molecule has 2 aromatic carbocycles. The third-order valence-electron chi connectivity index (χ3n) is 3.70. The quantitative estimate of drug-likeness (QED) is 0.749. The molecule has 0 unspecified atom stereocenters. The fourth-order valence-corrected chi connectivity index (χ4v) is 4.09. The van der Waals surface area contributed by atoms with E-state index in [1.807, 2.05) is 51.3 Å². The SMILES string of the molecule is CCOc1ccc(S(=O)(=O)N[C@@H](C)c2ccc(SC)cc2)cc1C. The molecule has 0 radical (unpaired) electrons. The van der Waals surface area contributed by atoms with Crippen molar-refractivity contribution in [1.29, 1.82) is 0 Å². The molecule has 1 N–H and O–H groups in total. The van der Waals surface area contributed by atoms with E-state index in [-0.39, 0.29) is 10.9 Å². The highest BCUT2D eigenvalue weighted by molar-refractivity contribution is 7.98. The Morgan fingerprint density at radius 3 is 2.38 bits per heavy atom. The monoisotopic (exact) mass is 365 g/mol. The lowest BCUT2D eigenvalue weighted by Gasteiger charge is -2.16. The topological polar surface area (TPSA) is 55.4 Å². The van der Waals surface area contributed by atoms with Crippen molar-refractivity contribution in [1.82, 2.24) is 4.72 Å². The third kappa shape index (κ3) is 4.53. The summed E-state index contributed by atoms with van der Waals surface area (Å²) in [7, 11) is -3.59. The maximum absolute atomic E-state index is 12.6. The zero-order valence-corrected chi connectivity index (χ0v) is 16.0. The molecule has 0 heterocycles. The molecule has 2 aromatic rings. The van der Waals surface area contributed by atoms with Gasteiger partial charge in [0.1, 0.15) is 5.75 Å². The molecule has 0 aromatic heterocycles. The van der Waals surface area contributed by atoms with E-state index in [2.05, 4.69) is 4.72 Å². The van der Waals surface area contributed by atoms with Gasteiger partial charge >= 0.3 is 0 Å². The fraction of sp³-hybridized carbons (Fsp3) is 0.333. The largest absolute Gasteiger partial charge is 0.494 e. The normalized spacial score (nSPS) is 12.8. The number of nitrogens with one attached hydrogen (secondary N) is 1. The van der Waals surface area contributed by atoms with Crippen LogP contribution in [0.3, 0.4) is 0 Å². The molecule has 6 heteroatoms. The molecular weight excluding hydrogens is 342 g/mol. The molecule has 24 heavy (non-hydrogen) atoms. The number of benzene rings is 2. The predicted molar refractivity (Wildman–Crippen MR) is 99.3 cm³/mol. The van der Waals surface area contributed by atoms with Gasteiger partial charge in [0.25, 0.3) is 0 Å². The molecule has 0 fully saturated rings. The standard InChI is InChI=1S/C18H23NO3S2/c1-5-22-18-11-10-17(12-13(18)2)24(20,21)19-14(3)15-6-8-16(23-4)9-7-15/h6-12,14,19H,5H2,1-4H3/t14-/m0/s1. The van der Waals surface area contributed by atoms with Crippen LogP contribution in [-0.2, 0) is 10.0 Å². The summed E-state index contributed by atoms with van der Waals surface area (Å²) in [6.45, 7) is 6.13. The summed E-state index contributed by atoms with van der Waals surface area (Å²) < 4.78 is 33.4. The average molecular weight is 366 g/mol. The number of rotatable bonds is 7. The summed E-state index contributed by atoms with van der Waals surface area (Å²) >= 11 is 1.66. The van der Waals surface area contributed by atoms with Crippen LogP contribution in [0.4, 0.5) is 0 Å². The molecule has 0 aliphatic rings. The highest BCUT2D eigenvalue weighted by Gasteiger charge is 2.19. The molecule has 0 spiro atoms. The fourth-order valence-electron chi connectivity index (χ4n) is 2.37. The van der Waals surface area contributed by atoms with Gasteiger partial charge in [0.15, 0.2) is 0 Å². The summed E-state index contributed by atoms with van der Waals surface area (Å²) in [6.07, 6.45) is 2.01. The zero-order chi connectivity index (χ0) is 17.7. The number of aryl methyl sites for hydroxylation is 1. The van der Waals surface area contributed by atoms with Gasteiger partial charge in [-0.15, -0.1) is 11.8 Å². The molecule has 0 aliphatic heterocycles. The van der Waals surface area contributed by atoms with Crippen LogP contribution in [0, 0.1) is 6.92 Å². The molecule has 1 atom stereocenters. The van der Waals surface area contributed by atoms with Crippen LogP contribution >= 0.6 is 11.8 Å². The Kier molecular flexibility index (Phi) is 6.32. The summed E-state index contributed by atoms with van der Waals surface area (Å²) in [6, 6.07) is 12.5. The number of hydrogen-bond acceptors (Lipinski definition) is 4. The first kappa shape index (κ1) is 18.8. The second kappa shape index (κ2) is 8.05. The number of ether oxygens (including phenoxy) is 1.